The van der Waals surface area contributed by atoms with E-state index in [-0.39, 0.29) is 5.41 Å². The normalized spacial score (nSPS) is 12.9. The minimum atomic E-state index is -2.60. The molecule has 10 aromatic carbocycles. The Balaban J connectivity index is 0.943. The van der Waals surface area contributed by atoms with Gasteiger partial charge in [-0.3, -0.25) is 0 Å². The first-order valence-corrected chi connectivity index (χ1v) is 26.8. The maximum Gasteiger partial charge on any atom is 0.179 e. The molecular formula is C63H50Si2. The van der Waals surface area contributed by atoms with E-state index in [9.17, 15) is 0 Å². The molecule has 11 rings (SSSR count). The number of hydrogen-bond acceptors (Lipinski definition) is 0. The first-order chi connectivity index (χ1) is 32.0. The molecule has 0 saturated carbocycles. The fourth-order valence-electron chi connectivity index (χ4n) is 11.1. The van der Waals surface area contributed by atoms with Crippen molar-refractivity contribution in [2.45, 2.75) is 19.3 Å². The zero-order valence-electron chi connectivity index (χ0n) is 36.9. The molecule has 0 nitrogen and oxygen atoms in total. The highest BCUT2D eigenvalue weighted by molar-refractivity contribution is 7.20. The summed E-state index contributed by atoms with van der Waals surface area (Å²) in [5, 5.41) is 11.1. The van der Waals surface area contributed by atoms with Crippen molar-refractivity contribution in [2.24, 2.45) is 0 Å². The van der Waals surface area contributed by atoms with Crippen LogP contribution in [-0.2, 0) is 5.41 Å². The highest BCUT2D eigenvalue weighted by atomic mass is 28.3. The lowest BCUT2D eigenvalue weighted by molar-refractivity contribution is 0.661. The minimum Gasteiger partial charge on any atom is -0.0623 e. The average molecular weight is 863 g/mol. The van der Waals surface area contributed by atoms with Crippen LogP contribution in [0.3, 0.4) is 0 Å². The van der Waals surface area contributed by atoms with Crippen molar-refractivity contribution in [3.63, 3.8) is 0 Å². The second-order valence-corrected chi connectivity index (χ2v) is 25.6. The van der Waals surface area contributed by atoms with Gasteiger partial charge >= 0.3 is 0 Å². The first kappa shape index (κ1) is 40.4. The number of hydrogen-bond donors (Lipinski definition) is 0. The summed E-state index contributed by atoms with van der Waals surface area (Å²) in [4.78, 5) is 0. The fourth-order valence-corrected chi connectivity index (χ4v) is 20.5. The summed E-state index contributed by atoms with van der Waals surface area (Å²) in [6.45, 7) is 4.80. The monoisotopic (exact) mass is 862 g/mol. The highest BCUT2D eigenvalue weighted by Gasteiger charge is 2.43. The molecule has 0 amide bonds. The molecule has 0 fully saturated rings. The van der Waals surface area contributed by atoms with Gasteiger partial charge in [0.2, 0.25) is 0 Å². The molecule has 0 heterocycles. The van der Waals surface area contributed by atoms with Crippen LogP contribution in [0, 0.1) is 0 Å². The third kappa shape index (κ3) is 6.72. The van der Waals surface area contributed by atoms with Crippen molar-refractivity contribution in [1.82, 2.24) is 0 Å². The van der Waals surface area contributed by atoms with Crippen molar-refractivity contribution in [3.8, 4) is 33.4 Å². The smallest absolute Gasteiger partial charge is 0.0623 e. The van der Waals surface area contributed by atoms with E-state index in [1.54, 1.807) is 0 Å². The largest absolute Gasteiger partial charge is 0.179 e. The molecule has 1 aliphatic rings. The highest BCUT2D eigenvalue weighted by Crippen LogP contribution is 2.50. The Labute approximate surface area is 386 Å². The predicted octanol–water partition coefficient (Wildman–Crippen LogP) is 10.1. The molecular weight excluding hydrogens is 813 g/mol. The average Bonchev–Trinajstić information content (AvgIpc) is 3.61. The molecule has 0 N–H and O–H groups in total. The third-order valence-electron chi connectivity index (χ3n) is 14.2. The number of benzene rings is 10. The molecule has 0 aliphatic heterocycles. The molecule has 2 heteroatoms. The summed E-state index contributed by atoms with van der Waals surface area (Å²) in [6, 6.07) is 100. The molecule has 0 aromatic heterocycles. The maximum absolute atomic E-state index is 2.60. The van der Waals surface area contributed by atoms with Crippen LogP contribution in [-0.4, -0.2) is 16.1 Å². The lowest BCUT2D eigenvalue weighted by Gasteiger charge is -2.34. The van der Waals surface area contributed by atoms with Crippen LogP contribution in [0.4, 0.5) is 0 Å². The second kappa shape index (κ2) is 16.6. The van der Waals surface area contributed by atoms with Crippen molar-refractivity contribution >= 4 is 57.6 Å². The van der Waals surface area contributed by atoms with Crippen LogP contribution in [0.5, 0.6) is 0 Å². The summed E-state index contributed by atoms with van der Waals surface area (Å²) in [6.07, 6.45) is 0. The standard InChI is InChI=1S/C63H50Si2/c1-63(2)61-45-49(47-33-39-57(40-34-47)64(51-21-9-3-10-22-51,52-23-11-4-12-24-52)53-25-13-5-14-26-53)37-43-59(61)60-44-38-50(46-62(60)63)48-35-41-58(42-36-48)65(54-27-15-6-16-28-54,55-29-17-7-18-30-55)56-31-19-8-20-32-56/h3-46H,1-2H3. The van der Waals surface area contributed by atoms with Crippen LogP contribution in [0.2, 0.25) is 0 Å². The molecule has 10 aromatic rings. The van der Waals surface area contributed by atoms with Crippen LogP contribution >= 0.6 is 0 Å². The molecule has 65 heavy (non-hydrogen) atoms. The zero-order chi connectivity index (χ0) is 43.9. The molecule has 0 saturated heterocycles. The third-order valence-corrected chi connectivity index (χ3v) is 23.8. The topological polar surface area (TPSA) is 0 Å². The van der Waals surface area contributed by atoms with Gasteiger partial charge in [-0.05, 0) is 98.1 Å². The number of fused-ring (bicyclic) bond motifs is 3. The first-order valence-electron chi connectivity index (χ1n) is 22.8. The summed E-state index contributed by atoms with van der Waals surface area (Å²) in [7, 11) is -5.20. The van der Waals surface area contributed by atoms with E-state index in [2.05, 4.69) is 281 Å². The van der Waals surface area contributed by atoms with E-state index in [1.165, 1.54) is 86.0 Å². The Morgan fingerprint density at radius 2 is 0.446 bits per heavy atom. The Hall–Kier alpha value is -7.37. The van der Waals surface area contributed by atoms with Gasteiger partial charge in [-0.15, -0.1) is 0 Å². The van der Waals surface area contributed by atoms with E-state index >= 15 is 0 Å². The van der Waals surface area contributed by atoms with E-state index in [0.29, 0.717) is 0 Å². The van der Waals surface area contributed by atoms with E-state index in [4.69, 9.17) is 0 Å². The maximum atomic E-state index is 2.45. The predicted molar refractivity (Wildman–Crippen MR) is 282 cm³/mol. The quantitative estimate of drug-likeness (QED) is 0.0950. The van der Waals surface area contributed by atoms with Gasteiger partial charge in [0.1, 0.15) is 0 Å². The minimum absolute atomic E-state index is 0.164. The fraction of sp³-hybridized carbons (Fsp3) is 0.0476. The van der Waals surface area contributed by atoms with E-state index < -0.39 is 16.1 Å². The van der Waals surface area contributed by atoms with E-state index in [0.717, 1.165) is 0 Å². The van der Waals surface area contributed by atoms with E-state index in [1.807, 2.05) is 0 Å². The van der Waals surface area contributed by atoms with Crippen LogP contribution in [0.1, 0.15) is 25.0 Å². The lowest BCUT2D eigenvalue weighted by atomic mass is 9.81. The lowest BCUT2D eigenvalue weighted by Crippen LogP contribution is -2.74. The molecule has 0 spiro atoms. The SMILES string of the molecule is CC1(C)c2cc(-c3ccc([Si](c4ccccc4)(c4ccccc4)c4ccccc4)cc3)ccc2-c2ccc(-c3ccc([Si](c4ccccc4)(c4ccccc4)c4ccccc4)cc3)cc21. The van der Waals surface area contributed by atoms with Crippen LogP contribution in [0.25, 0.3) is 33.4 Å². The Kier molecular flexibility index (Phi) is 10.3. The molecule has 0 unspecified atom stereocenters. The summed E-state index contributed by atoms with van der Waals surface area (Å²) >= 11 is 0. The van der Waals surface area contributed by atoms with Crippen LogP contribution < -0.4 is 41.5 Å². The van der Waals surface area contributed by atoms with Gasteiger partial charge in [0.15, 0.2) is 16.1 Å². The van der Waals surface area contributed by atoms with Gasteiger partial charge in [0, 0.05) is 5.41 Å². The van der Waals surface area contributed by atoms with Crippen molar-refractivity contribution in [1.29, 1.82) is 0 Å². The van der Waals surface area contributed by atoms with Gasteiger partial charge in [-0.1, -0.05) is 269 Å². The van der Waals surface area contributed by atoms with Crippen molar-refractivity contribution in [2.75, 3.05) is 0 Å². The molecule has 0 radical (unpaired) electrons. The second-order valence-electron chi connectivity index (χ2n) is 18.0. The van der Waals surface area contributed by atoms with Gasteiger partial charge in [-0.2, -0.15) is 0 Å². The summed E-state index contributed by atoms with van der Waals surface area (Å²) in [5.74, 6) is 0. The molecule has 0 atom stereocenters. The van der Waals surface area contributed by atoms with Gasteiger partial charge in [0.05, 0.1) is 0 Å². The van der Waals surface area contributed by atoms with Crippen molar-refractivity contribution < 1.29 is 0 Å². The van der Waals surface area contributed by atoms with Gasteiger partial charge in [0.25, 0.3) is 0 Å². The summed E-state index contributed by atoms with van der Waals surface area (Å²) in [5.41, 5.74) is 10.2. The van der Waals surface area contributed by atoms with Gasteiger partial charge < -0.3 is 0 Å². The van der Waals surface area contributed by atoms with Gasteiger partial charge in [-0.25, -0.2) is 0 Å². The molecule has 1 aliphatic carbocycles. The Morgan fingerprint density at radius 3 is 0.692 bits per heavy atom. The Bertz CT molecular complexity index is 2800. The van der Waals surface area contributed by atoms with Crippen molar-refractivity contribution in [3.05, 3.63) is 278 Å². The van der Waals surface area contributed by atoms with Crippen LogP contribution in [0.15, 0.2) is 267 Å². The molecule has 310 valence electrons. The zero-order valence-corrected chi connectivity index (χ0v) is 38.9. The molecule has 0 bridgehead atoms. The summed E-state index contributed by atoms with van der Waals surface area (Å²) < 4.78 is 0. The Morgan fingerprint density at radius 1 is 0.231 bits per heavy atom. The number of rotatable bonds is 10.